The molecule has 0 aliphatic carbocycles. The first kappa shape index (κ1) is 19.9. The number of halogens is 2. The smallest absolute Gasteiger partial charge is 0.344 e. The molecule has 0 aliphatic heterocycles. The Morgan fingerprint density at radius 1 is 1.04 bits per heavy atom. The second-order valence-corrected chi connectivity index (χ2v) is 7.30. The molecule has 1 heterocycles. The van der Waals surface area contributed by atoms with E-state index in [0.717, 1.165) is 0 Å². The molecule has 6 nitrogen and oxygen atoms in total. The lowest BCUT2D eigenvalue weighted by Crippen LogP contribution is -2.17. The van der Waals surface area contributed by atoms with Gasteiger partial charge in [0.05, 0.1) is 17.3 Å². The van der Waals surface area contributed by atoms with E-state index in [1.54, 1.807) is 54.7 Å². The monoisotopic (exact) mass is 501 g/mol. The van der Waals surface area contributed by atoms with E-state index in [4.69, 9.17) is 4.74 Å². The predicted octanol–water partition coefficient (Wildman–Crippen LogP) is 4.59. The van der Waals surface area contributed by atoms with Gasteiger partial charge in [0.15, 0.2) is 0 Å². The van der Waals surface area contributed by atoms with Gasteiger partial charge in [0.25, 0.3) is 5.91 Å². The SMILES string of the molecule is O=C(N/N=C\c1cccc(OC(=O)c2ccccc2Br)c1)c1cncc(Br)c1. The number of hydrogen-bond donors (Lipinski definition) is 1. The fraction of sp³-hybridized carbons (Fsp3) is 0. The topological polar surface area (TPSA) is 80.6 Å². The van der Waals surface area contributed by atoms with Gasteiger partial charge in [0, 0.05) is 21.3 Å². The van der Waals surface area contributed by atoms with E-state index in [1.165, 1.54) is 12.4 Å². The molecular formula is C20H13Br2N3O3. The van der Waals surface area contributed by atoms with Crippen LogP contribution in [0.3, 0.4) is 0 Å². The molecule has 0 aliphatic rings. The highest BCUT2D eigenvalue weighted by atomic mass is 79.9. The van der Waals surface area contributed by atoms with Crippen molar-refractivity contribution in [3.63, 3.8) is 0 Å². The second kappa shape index (κ2) is 9.38. The number of carbonyl (C=O) groups excluding carboxylic acids is 2. The summed E-state index contributed by atoms with van der Waals surface area (Å²) in [5.41, 5.74) is 3.89. The van der Waals surface area contributed by atoms with Crippen LogP contribution in [-0.4, -0.2) is 23.1 Å². The Balaban J connectivity index is 1.64. The molecule has 1 amide bonds. The van der Waals surface area contributed by atoms with Gasteiger partial charge in [-0.05, 0) is 67.8 Å². The molecule has 0 atom stereocenters. The van der Waals surface area contributed by atoms with Gasteiger partial charge in [-0.1, -0.05) is 24.3 Å². The van der Waals surface area contributed by atoms with Crippen LogP contribution in [0.25, 0.3) is 0 Å². The fourth-order valence-corrected chi connectivity index (χ4v) is 3.02. The highest BCUT2D eigenvalue weighted by Gasteiger charge is 2.12. The van der Waals surface area contributed by atoms with Gasteiger partial charge in [0.1, 0.15) is 5.75 Å². The summed E-state index contributed by atoms with van der Waals surface area (Å²) in [6.07, 6.45) is 4.48. The van der Waals surface area contributed by atoms with Crippen LogP contribution in [0.4, 0.5) is 0 Å². The lowest BCUT2D eigenvalue weighted by atomic mass is 10.2. The van der Waals surface area contributed by atoms with E-state index in [9.17, 15) is 9.59 Å². The van der Waals surface area contributed by atoms with Crippen LogP contribution in [-0.2, 0) is 0 Å². The van der Waals surface area contributed by atoms with Crippen LogP contribution in [0.2, 0.25) is 0 Å². The third-order valence-electron chi connectivity index (χ3n) is 3.51. The molecule has 2 aromatic carbocycles. The van der Waals surface area contributed by atoms with Gasteiger partial charge in [-0.3, -0.25) is 9.78 Å². The Morgan fingerprint density at radius 3 is 2.64 bits per heavy atom. The minimum Gasteiger partial charge on any atom is -0.423 e. The van der Waals surface area contributed by atoms with Crippen LogP contribution >= 0.6 is 31.9 Å². The van der Waals surface area contributed by atoms with E-state index in [2.05, 4.69) is 47.4 Å². The third-order valence-corrected chi connectivity index (χ3v) is 4.63. The Hall–Kier alpha value is -2.84. The third kappa shape index (κ3) is 5.34. The summed E-state index contributed by atoms with van der Waals surface area (Å²) in [6.45, 7) is 0. The zero-order valence-electron chi connectivity index (χ0n) is 14.3. The van der Waals surface area contributed by atoms with Gasteiger partial charge >= 0.3 is 5.97 Å². The molecule has 3 rings (SSSR count). The molecular weight excluding hydrogens is 490 g/mol. The molecule has 0 saturated heterocycles. The van der Waals surface area contributed by atoms with Crippen molar-refractivity contribution in [1.29, 1.82) is 0 Å². The predicted molar refractivity (Wildman–Crippen MR) is 113 cm³/mol. The average Bonchev–Trinajstić information content (AvgIpc) is 2.68. The molecule has 1 aromatic heterocycles. The van der Waals surface area contributed by atoms with Crippen LogP contribution in [0.1, 0.15) is 26.3 Å². The molecule has 1 N–H and O–H groups in total. The van der Waals surface area contributed by atoms with E-state index in [1.807, 2.05) is 6.07 Å². The summed E-state index contributed by atoms with van der Waals surface area (Å²) in [4.78, 5) is 28.2. The number of ether oxygens (including phenoxy) is 1. The highest BCUT2D eigenvalue weighted by Crippen LogP contribution is 2.19. The first-order chi connectivity index (χ1) is 13.5. The molecule has 0 unspecified atom stereocenters. The Bertz CT molecular complexity index is 1050. The van der Waals surface area contributed by atoms with Crippen molar-refractivity contribution in [3.8, 4) is 5.75 Å². The van der Waals surface area contributed by atoms with E-state index in [-0.39, 0.29) is 5.91 Å². The van der Waals surface area contributed by atoms with Crippen molar-refractivity contribution in [2.45, 2.75) is 0 Å². The Kier molecular flexibility index (Phi) is 6.67. The standard InChI is InChI=1S/C20H13Br2N3O3/c21-15-9-14(11-23-12-15)19(26)25-24-10-13-4-3-5-16(8-13)28-20(27)17-6-1-2-7-18(17)22/h1-12H,(H,25,26)/b24-10-. The van der Waals surface area contributed by atoms with Crippen molar-refractivity contribution in [1.82, 2.24) is 10.4 Å². The number of amides is 1. The summed E-state index contributed by atoms with van der Waals surface area (Å²) < 4.78 is 6.75. The maximum atomic E-state index is 12.3. The maximum Gasteiger partial charge on any atom is 0.344 e. The molecule has 0 fully saturated rings. The van der Waals surface area contributed by atoms with Crippen molar-refractivity contribution >= 4 is 50.0 Å². The van der Waals surface area contributed by atoms with Gasteiger partial charge in [-0.2, -0.15) is 5.10 Å². The number of hydrogen-bond acceptors (Lipinski definition) is 5. The second-order valence-electron chi connectivity index (χ2n) is 5.53. The number of aromatic nitrogens is 1. The highest BCUT2D eigenvalue weighted by molar-refractivity contribution is 9.10. The molecule has 3 aromatic rings. The van der Waals surface area contributed by atoms with E-state index < -0.39 is 5.97 Å². The summed E-state index contributed by atoms with van der Waals surface area (Å²) in [5, 5.41) is 3.92. The van der Waals surface area contributed by atoms with Crippen LogP contribution in [0.15, 0.2) is 81.0 Å². The van der Waals surface area contributed by atoms with Crippen molar-refractivity contribution in [2.75, 3.05) is 0 Å². The van der Waals surface area contributed by atoms with Crippen molar-refractivity contribution in [2.24, 2.45) is 5.10 Å². The molecule has 140 valence electrons. The zero-order chi connectivity index (χ0) is 19.9. The number of pyridine rings is 1. The maximum absolute atomic E-state index is 12.3. The number of esters is 1. The Morgan fingerprint density at radius 2 is 1.86 bits per heavy atom. The van der Waals surface area contributed by atoms with Crippen LogP contribution in [0.5, 0.6) is 5.75 Å². The lowest BCUT2D eigenvalue weighted by Gasteiger charge is -2.06. The van der Waals surface area contributed by atoms with Gasteiger partial charge in [0.2, 0.25) is 0 Å². The largest absolute Gasteiger partial charge is 0.423 e. The molecule has 0 bridgehead atoms. The van der Waals surface area contributed by atoms with Crippen LogP contribution < -0.4 is 10.2 Å². The number of nitrogens with zero attached hydrogens (tertiary/aromatic N) is 2. The molecule has 0 radical (unpaired) electrons. The molecule has 8 heteroatoms. The first-order valence-electron chi connectivity index (χ1n) is 8.03. The normalized spacial score (nSPS) is 10.6. The number of benzene rings is 2. The van der Waals surface area contributed by atoms with Crippen LogP contribution in [0, 0.1) is 0 Å². The number of nitrogens with one attached hydrogen (secondary N) is 1. The van der Waals surface area contributed by atoms with Crippen molar-refractivity contribution in [3.05, 3.63) is 92.6 Å². The van der Waals surface area contributed by atoms with Crippen molar-refractivity contribution < 1.29 is 14.3 Å². The Labute approximate surface area is 177 Å². The number of carbonyl (C=O) groups is 2. The van der Waals surface area contributed by atoms with E-state index in [0.29, 0.717) is 31.4 Å². The quantitative estimate of drug-likeness (QED) is 0.239. The van der Waals surface area contributed by atoms with Gasteiger partial charge in [-0.25, -0.2) is 10.2 Å². The molecule has 0 saturated carbocycles. The van der Waals surface area contributed by atoms with E-state index >= 15 is 0 Å². The summed E-state index contributed by atoms with van der Waals surface area (Å²) in [7, 11) is 0. The first-order valence-corrected chi connectivity index (χ1v) is 9.62. The van der Waals surface area contributed by atoms with Gasteiger partial charge < -0.3 is 4.74 Å². The average molecular weight is 503 g/mol. The summed E-state index contributed by atoms with van der Waals surface area (Å²) in [5.74, 6) is -0.495. The number of rotatable bonds is 5. The zero-order valence-corrected chi connectivity index (χ0v) is 17.5. The minimum atomic E-state index is -0.475. The fourth-order valence-electron chi connectivity index (χ4n) is 2.21. The lowest BCUT2D eigenvalue weighted by molar-refractivity contribution is 0.0733. The molecule has 28 heavy (non-hydrogen) atoms. The van der Waals surface area contributed by atoms with Gasteiger partial charge in [-0.15, -0.1) is 0 Å². The molecule has 0 spiro atoms. The number of hydrazone groups is 1. The summed E-state index contributed by atoms with van der Waals surface area (Å²) in [6, 6.07) is 15.5. The minimum absolute atomic E-state index is 0.368. The summed E-state index contributed by atoms with van der Waals surface area (Å²) >= 11 is 6.59.